The van der Waals surface area contributed by atoms with Crippen LogP contribution in [0.25, 0.3) is 0 Å². The molecule has 0 aromatic heterocycles. The number of hydrogen-bond acceptors (Lipinski definition) is 4. The zero-order valence-electron chi connectivity index (χ0n) is 14.6. The third-order valence-corrected chi connectivity index (χ3v) is 4.77. The lowest BCUT2D eigenvalue weighted by Gasteiger charge is -2.37. The predicted octanol–water partition coefficient (Wildman–Crippen LogP) is 4.13. The zero-order chi connectivity index (χ0) is 20.3. The number of hydrogen-bond donors (Lipinski definition) is 1. The van der Waals surface area contributed by atoms with Gasteiger partial charge in [-0.15, -0.1) is 0 Å². The Morgan fingerprint density at radius 1 is 1.07 bits per heavy atom. The highest BCUT2D eigenvalue weighted by Crippen LogP contribution is 2.32. The number of nitro benzene ring substituents is 1. The fourth-order valence-electron chi connectivity index (χ4n) is 2.95. The van der Waals surface area contributed by atoms with E-state index >= 15 is 0 Å². The van der Waals surface area contributed by atoms with E-state index in [9.17, 15) is 23.3 Å². The maximum Gasteiger partial charge on any atom is 0.416 e. The van der Waals surface area contributed by atoms with Crippen molar-refractivity contribution in [3.8, 4) is 0 Å². The predicted molar refractivity (Wildman–Crippen MR) is 105 cm³/mol. The molecule has 1 heterocycles. The first-order valence-corrected chi connectivity index (χ1v) is 8.87. The lowest BCUT2D eigenvalue weighted by atomic mass is 10.1. The van der Waals surface area contributed by atoms with Gasteiger partial charge in [-0.1, -0.05) is 12.1 Å². The number of halogens is 3. The first kappa shape index (κ1) is 19.9. The van der Waals surface area contributed by atoms with Crippen LogP contribution in [0.2, 0.25) is 0 Å². The van der Waals surface area contributed by atoms with Gasteiger partial charge in [-0.3, -0.25) is 10.1 Å². The fourth-order valence-corrected chi connectivity index (χ4v) is 3.25. The van der Waals surface area contributed by atoms with Crippen LogP contribution in [-0.4, -0.2) is 41.1 Å². The van der Waals surface area contributed by atoms with E-state index < -0.39 is 16.7 Å². The van der Waals surface area contributed by atoms with Gasteiger partial charge in [-0.2, -0.15) is 13.2 Å². The summed E-state index contributed by atoms with van der Waals surface area (Å²) in [5.74, 6) is 0. The van der Waals surface area contributed by atoms with Crippen LogP contribution in [-0.2, 0) is 6.18 Å². The third kappa shape index (κ3) is 4.69. The van der Waals surface area contributed by atoms with Crippen molar-refractivity contribution < 1.29 is 18.1 Å². The molecule has 0 bridgehead atoms. The van der Waals surface area contributed by atoms with Gasteiger partial charge in [-0.25, -0.2) is 0 Å². The Morgan fingerprint density at radius 2 is 1.75 bits per heavy atom. The molecule has 0 spiro atoms. The number of nitro groups is 1. The molecule has 0 amide bonds. The molecule has 2 aromatic carbocycles. The van der Waals surface area contributed by atoms with Crippen molar-refractivity contribution in [2.45, 2.75) is 6.18 Å². The first-order chi connectivity index (χ1) is 13.2. The lowest BCUT2D eigenvalue weighted by Crippen LogP contribution is -2.50. The van der Waals surface area contributed by atoms with Crippen molar-refractivity contribution in [3.05, 3.63) is 64.2 Å². The highest BCUT2D eigenvalue weighted by molar-refractivity contribution is 7.80. The molecule has 28 heavy (non-hydrogen) atoms. The van der Waals surface area contributed by atoms with Gasteiger partial charge >= 0.3 is 6.18 Å². The molecule has 1 saturated heterocycles. The van der Waals surface area contributed by atoms with Crippen LogP contribution in [0.15, 0.2) is 48.5 Å². The molecule has 1 aliphatic heterocycles. The van der Waals surface area contributed by atoms with E-state index in [-0.39, 0.29) is 5.69 Å². The number of benzene rings is 2. The molecule has 6 nitrogen and oxygen atoms in total. The molecular weight excluding hydrogens is 393 g/mol. The van der Waals surface area contributed by atoms with Crippen LogP contribution in [0.5, 0.6) is 0 Å². The van der Waals surface area contributed by atoms with Crippen molar-refractivity contribution in [2.75, 3.05) is 36.4 Å². The summed E-state index contributed by atoms with van der Waals surface area (Å²) >= 11 is 5.37. The van der Waals surface area contributed by atoms with Gasteiger partial charge in [0.05, 0.1) is 10.5 Å². The SMILES string of the molecule is O=[N+]([O-])c1cccc(NC(=S)N2CCN(c3cccc(C(F)(F)F)c3)CC2)c1. The van der Waals surface area contributed by atoms with Crippen LogP contribution in [0.1, 0.15) is 5.56 Å². The first-order valence-electron chi connectivity index (χ1n) is 8.46. The summed E-state index contributed by atoms with van der Waals surface area (Å²) in [5.41, 5.74) is 0.323. The average Bonchev–Trinajstić information content (AvgIpc) is 2.68. The third-order valence-electron chi connectivity index (χ3n) is 4.41. The summed E-state index contributed by atoms with van der Waals surface area (Å²) < 4.78 is 38.7. The maximum absolute atomic E-state index is 12.9. The molecule has 0 radical (unpaired) electrons. The normalized spacial score (nSPS) is 14.7. The molecule has 2 aromatic rings. The van der Waals surface area contributed by atoms with Gasteiger partial charge in [0.2, 0.25) is 0 Å². The number of piperazine rings is 1. The summed E-state index contributed by atoms with van der Waals surface area (Å²) in [5, 5.41) is 14.3. The smallest absolute Gasteiger partial charge is 0.368 e. The summed E-state index contributed by atoms with van der Waals surface area (Å²) in [6.07, 6.45) is -4.37. The minimum absolute atomic E-state index is 0.0397. The van der Waals surface area contributed by atoms with Crippen LogP contribution in [0, 0.1) is 10.1 Å². The molecule has 0 unspecified atom stereocenters. The van der Waals surface area contributed by atoms with Crippen LogP contribution < -0.4 is 10.2 Å². The van der Waals surface area contributed by atoms with Crippen LogP contribution in [0.4, 0.5) is 30.2 Å². The number of nitrogens with zero attached hydrogens (tertiary/aromatic N) is 3. The molecule has 148 valence electrons. The summed E-state index contributed by atoms with van der Waals surface area (Å²) in [6.45, 7) is 2.07. The van der Waals surface area contributed by atoms with E-state index in [1.165, 1.54) is 18.2 Å². The largest absolute Gasteiger partial charge is 0.416 e. The second-order valence-corrected chi connectivity index (χ2v) is 6.65. The van der Waals surface area contributed by atoms with Crippen molar-refractivity contribution in [2.24, 2.45) is 0 Å². The molecule has 3 rings (SSSR count). The molecule has 10 heteroatoms. The number of non-ortho nitro benzene ring substituents is 1. The fraction of sp³-hybridized carbons (Fsp3) is 0.278. The summed E-state index contributed by atoms with van der Waals surface area (Å²) in [7, 11) is 0. The molecule has 0 saturated carbocycles. The van der Waals surface area contributed by atoms with E-state index in [2.05, 4.69) is 5.32 Å². The molecule has 0 atom stereocenters. The number of thiocarbonyl (C=S) groups is 1. The minimum Gasteiger partial charge on any atom is -0.368 e. The highest BCUT2D eigenvalue weighted by Gasteiger charge is 2.31. The van der Waals surface area contributed by atoms with Crippen LogP contribution >= 0.6 is 12.2 Å². The highest BCUT2D eigenvalue weighted by atomic mass is 32.1. The molecule has 1 fully saturated rings. The molecule has 1 N–H and O–H groups in total. The lowest BCUT2D eigenvalue weighted by molar-refractivity contribution is -0.384. The Bertz CT molecular complexity index is 883. The van der Waals surface area contributed by atoms with E-state index in [0.717, 1.165) is 12.1 Å². The molecule has 1 aliphatic rings. The second kappa shape index (κ2) is 8.01. The van der Waals surface area contributed by atoms with Gasteiger partial charge in [0, 0.05) is 49.7 Å². The van der Waals surface area contributed by atoms with Crippen LogP contribution in [0.3, 0.4) is 0 Å². The number of nitrogens with one attached hydrogen (secondary N) is 1. The van der Waals surface area contributed by atoms with Crippen molar-refractivity contribution in [1.29, 1.82) is 0 Å². The maximum atomic E-state index is 12.9. The Labute approximate surface area is 164 Å². The zero-order valence-corrected chi connectivity index (χ0v) is 15.5. The second-order valence-electron chi connectivity index (χ2n) is 6.26. The Balaban J connectivity index is 1.60. The van der Waals surface area contributed by atoms with E-state index in [4.69, 9.17) is 12.2 Å². The monoisotopic (exact) mass is 410 g/mol. The number of alkyl halides is 3. The van der Waals surface area contributed by atoms with Crippen molar-refractivity contribution in [3.63, 3.8) is 0 Å². The van der Waals surface area contributed by atoms with Gasteiger partial charge in [0.1, 0.15) is 0 Å². The van der Waals surface area contributed by atoms with Gasteiger partial charge in [0.25, 0.3) is 5.69 Å². The van der Waals surface area contributed by atoms with Crippen molar-refractivity contribution >= 4 is 34.4 Å². The van der Waals surface area contributed by atoms with Gasteiger partial charge in [0.15, 0.2) is 5.11 Å². The van der Waals surface area contributed by atoms with E-state index in [1.807, 2.05) is 9.80 Å². The molecule has 0 aliphatic carbocycles. The number of anilines is 2. The molecular formula is C18H17F3N4O2S. The standard InChI is InChI=1S/C18H17F3N4O2S/c19-18(20,21)13-3-1-5-15(11-13)23-7-9-24(10-8-23)17(28)22-14-4-2-6-16(12-14)25(26)27/h1-6,11-12H,7-10H2,(H,22,28). The van der Waals surface area contributed by atoms with Gasteiger partial charge < -0.3 is 15.1 Å². The quantitative estimate of drug-likeness (QED) is 0.466. The Kier molecular flexibility index (Phi) is 5.68. The summed E-state index contributed by atoms with van der Waals surface area (Å²) in [6, 6.07) is 11.3. The number of rotatable bonds is 3. The topological polar surface area (TPSA) is 61.7 Å². The average molecular weight is 410 g/mol. The summed E-state index contributed by atoms with van der Waals surface area (Å²) in [4.78, 5) is 14.1. The Morgan fingerprint density at radius 3 is 2.39 bits per heavy atom. The Hall–Kier alpha value is -2.88. The van der Waals surface area contributed by atoms with Crippen molar-refractivity contribution in [1.82, 2.24) is 4.90 Å². The minimum atomic E-state index is -4.37. The van der Waals surface area contributed by atoms with Gasteiger partial charge in [-0.05, 0) is 36.5 Å². The van der Waals surface area contributed by atoms with E-state index in [1.54, 1.807) is 18.2 Å². The van der Waals surface area contributed by atoms with E-state index in [0.29, 0.717) is 42.7 Å².